The van der Waals surface area contributed by atoms with Gasteiger partial charge in [0.15, 0.2) is 0 Å². The fraction of sp³-hybridized carbons (Fsp3) is 0.400. The number of thiophene rings is 1. The van der Waals surface area contributed by atoms with Crippen LogP contribution in [0.5, 0.6) is 0 Å². The molecule has 1 aliphatic rings. The second-order valence-electron chi connectivity index (χ2n) is 6.89. The fourth-order valence-electron chi connectivity index (χ4n) is 3.51. The third-order valence-electron chi connectivity index (χ3n) is 5.13. The fourth-order valence-corrected chi connectivity index (χ4v) is 6.05. The van der Waals surface area contributed by atoms with Gasteiger partial charge in [-0.3, -0.25) is 9.59 Å². The maximum Gasteiger partial charge on any atom is 0.256 e. The molecule has 1 atom stereocenters. The van der Waals surface area contributed by atoms with E-state index in [1.54, 1.807) is 15.8 Å². The lowest BCUT2D eigenvalue weighted by molar-refractivity contribution is 0.0964. The summed E-state index contributed by atoms with van der Waals surface area (Å²) >= 11 is 1.25. The molecule has 3 rings (SSSR count). The quantitative estimate of drug-likeness (QED) is 0.728. The first-order valence-corrected chi connectivity index (χ1v) is 11.9. The van der Waals surface area contributed by atoms with Gasteiger partial charge in [0.2, 0.25) is 10.0 Å². The van der Waals surface area contributed by atoms with Crippen LogP contribution in [0.25, 0.3) is 0 Å². The molecule has 1 unspecified atom stereocenters. The Hall–Kier alpha value is -2.23. The first-order chi connectivity index (χ1) is 13.9. The van der Waals surface area contributed by atoms with E-state index in [1.807, 2.05) is 6.92 Å². The zero-order valence-corrected chi connectivity index (χ0v) is 18.1. The van der Waals surface area contributed by atoms with Crippen LogP contribution in [0.15, 0.2) is 40.6 Å². The normalized spacial score (nSPS) is 17.7. The molecule has 1 fully saturated rings. The average Bonchev–Trinajstić information content (AvgIpc) is 3.21. The highest BCUT2D eigenvalue weighted by Gasteiger charge is 2.32. The van der Waals surface area contributed by atoms with Crippen LogP contribution in [0.3, 0.4) is 0 Å². The molecule has 2 amide bonds. The van der Waals surface area contributed by atoms with E-state index in [9.17, 15) is 18.0 Å². The number of nitrogens with one attached hydrogen (secondary N) is 2. The number of hydrogen-bond donors (Lipinski definition) is 2. The van der Waals surface area contributed by atoms with E-state index in [1.165, 1.54) is 42.6 Å². The maximum atomic E-state index is 13.0. The van der Waals surface area contributed by atoms with Gasteiger partial charge in [0.05, 0.1) is 10.5 Å². The summed E-state index contributed by atoms with van der Waals surface area (Å²) in [5.74, 6) is -0.680. The molecule has 0 spiro atoms. The number of anilines is 1. The number of rotatable bonds is 6. The van der Waals surface area contributed by atoms with Crippen LogP contribution >= 0.6 is 11.3 Å². The summed E-state index contributed by atoms with van der Waals surface area (Å²) in [6.07, 6.45) is 3.58. The van der Waals surface area contributed by atoms with Crippen molar-refractivity contribution in [3.05, 3.63) is 46.8 Å². The Morgan fingerprint density at radius 3 is 2.52 bits per heavy atom. The van der Waals surface area contributed by atoms with Gasteiger partial charge in [0.1, 0.15) is 5.00 Å². The largest absolute Gasteiger partial charge is 0.355 e. The number of carbonyl (C=O) groups excluding carboxylic acids is 2. The molecule has 0 bridgehead atoms. The van der Waals surface area contributed by atoms with E-state index >= 15 is 0 Å². The second-order valence-corrected chi connectivity index (χ2v) is 9.70. The van der Waals surface area contributed by atoms with Gasteiger partial charge in [-0.05, 0) is 55.0 Å². The van der Waals surface area contributed by atoms with Gasteiger partial charge < -0.3 is 10.6 Å². The molecule has 156 valence electrons. The van der Waals surface area contributed by atoms with Crippen LogP contribution in [-0.2, 0) is 10.0 Å². The molecule has 1 aromatic carbocycles. The minimum Gasteiger partial charge on any atom is -0.355 e. The molecule has 1 saturated heterocycles. The van der Waals surface area contributed by atoms with Gasteiger partial charge in [0, 0.05) is 25.2 Å². The zero-order valence-electron chi connectivity index (χ0n) is 16.5. The monoisotopic (exact) mass is 435 g/mol. The minimum absolute atomic E-state index is 0.0266. The topological polar surface area (TPSA) is 95.6 Å². The highest BCUT2D eigenvalue weighted by atomic mass is 32.2. The van der Waals surface area contributed by atoms with Crippen molar-refractivity contribution in [2.75, 3.05) is 18.9 Å². The van der Waals surface area contributed by atoms with Gasteiger partial charge in [-0.1, -0.05) is 13.3 Å². The molecule has 2 N–H and O–H groups in total. The van der Waals surface area contributed by atoms with E-state index in [0.717, 1.165) is 25.7 Å². The number of hydrogen-bond acceptors (Lipinski definition) is 5. The van der Waals surface area contributed by atoms with Crippen molar-refractivity contribution in [2.24, 2.45) is 0 Å². The molecule has 0 saturated carbocycles. The molecule has 29 heavy (non-hydrogen) atoms. The summed E-state index contributed by atoms with van der Waals surface area (Å²) in [4.78, 5) is 24.6. The summed E-state index contributed by atoms with van der Waals surface area (Å²) in [7, 11) is -2.06. The molecule has 1 aliphatic heterocycles. The van der Waals surface area contributed by atoms with Gasteiger partial charge in [-0.15, -0.1) is 11.3 Å². The van der Waals surface area contributed by atoms with E-state index in [4.69, 9.17) is 0 Å². The number of sulfonamides is 1. The van der Waals surface area contributed by atoms with Crippen molar-refractivity contribution < 1.29 is 18.0 Å². The summed E-state index contributed by atoms with van der Waals surface area (Å²) < 4.78 is 27.6. The highest BCUT2D eigenvalue weighted by Crippen LogP contribution is 2.28. The van der Waals surface area contributed by atoms with Crippen molar-refractivity contribution in [1.82, 2.24) is 9.62 Å². The molecule has 0 radical (unpaired) electrons. The van der Waals surface area contributed by atoms with Crippen LogP contribution in [0.1, 0.15) is 53.3 Å². The SMILES string of the molecule is CCC1CCCCN1S(=O)(=O)c1ccc(C(=O)Nc2sccc2C(=O)NC)cc1. The number of piperidine rings is 1. The van der Waals surface area contributed by atoms with Crippen molar-refractivity contribution >= 4 is 38.2 Å². The van der Waals surface area contributed by atoms with Crippen LogP contribution in [-0.4, -0.2) is 44.2 Å². The smallest absolute Gasteiger partial charge is 0.256 e. The Bertz CT molecular complexity index is 983. The van der Waals surface area contributed by atoms with Crippen LogP contribution < -0.4 is 10.6 Å². The molecule has 2 aromatic rings. The van der Waals surface area contributed by atoms with Crippen LogP contribution in [0.4, 0.5) is 5.00 Å². The highest BCUT2D eigenvalue weighted by molar-refractivity contribution is 7.89. The van der Waals surface area contributed by atoms with Crippen molar-refractivity contribution in [1.29, 1.82) is 0 Å². The standard InChI is InChI=1S/C20H25N3O4S2/c1-3-15-6-4-5-12-23(15)29(26,27)16-9-7-14(8-10-16)18(24)22-20-17(11-13-28-20)19(25)21-2/h7-11,13,15H,3-6,12H2,1-2H3,(H,21,25)(H,22,24). The Kier molecular flexibility index (Phi) is 6.71. The van der Waals surface area contributed by atoms with E-state index in [-0.39, 0.29) is 16.8 Å². The van der Waals surface area contributed by atoms with Crippen LogP contribution in [0, 0.1) is 0 Å². The predicted octanol–water partition coefficient (Wildman–Crippen LogP) is 3.31. The molecule has 0 aliphatic carbocycles. The third kappa shape index (κ3) is 4.52. The third-order valence-corrected chi connectivity index (χ3v) is 7.93. The average molecular weight is 436 g/mol. The maximum absolute atomic E-state index is 13.0. The Morgan fingerprint density at radius 2 is 1.86 bits per heavy atom. The lowest BCUT2D eigenvalue weighted by Gasteiger charge is -2.34. The predicted molar refractivity (Wildman–Crippen MR) is 114 cm³/mol. The van der Waals surface area contributed by atoms with Gasteiger partial charge in [-0.25, -0.2) is 8.42 Å². The number of amides is 2. The Balaban J connectivity index is 1.77. The Labute approximate surface area is 175 Å². The molecule has 1 aromatic heterocycles. The molecule has 9 heteroatoms. The Morgan fingerprint density at radius 1 is 1.14 bits per heavy atom. The molecular weight excluding hydrogens is 410 g/mol. The van der Waals surface area contributed by atoms with E-state index < -0.39 is 15.9 Å². The van der Waals surface area contributed by atoms with E-state index in [2.05, 4.69) is 10.6 Å². The second kappa shape index (κ2) is 9.06. The first kappa shape index (κ1) is 21.5. The summed E-state index contributed by atoms with van der Waals surface area (Å²) in [5, 5.41) is 7.42. The summed E-state index contributed by atoms with van der Waals surface area (Å²) in [6, 6.07) is 7.61. The van der Waals surface area contributed by atoms with Gasteiger partial charge >= 0.3 is 0 Å². The first-order valence-electron chi connectivity index (χ1n) is 9.61. The van der Waals surface area contributed by atoms with E-state index in [0.29, 0.717) is 22.7 Å². The summed E-state index contributed by atoms with van der Waals surface area (Å²) in [6.45, 7) is 2.54. The lowest BCUT2D eigenvalue weighted by Crippen LogP contribution is -2.43. The van der Waals surface area contributed by atoms with Crippen molar-refractivity contribution in [2.45, 2.75) is 43.5 Å². The molecular formula is C20H25N3O4S2. The van der Waals surface area contributed by atoms with Gasteiger partial charge in [0.25, 0.3) is 11.8 Å². The van der Waals surface area contributed by atoms with Gasteiger partial charge in [-0.2, -0.15) is 4.31 Å². The van der Waals surface area contributed by atoms with Crippen molar-refractivity contribution in [3.8, 4) is 0 Å². The lowest BCUT2D eigenvalue weighted by atomic mass is 10.0. The van der Waals surface area contributed by atoms with Crippen molar-refractivity contribution in [3.63, 3.8) is 0 Å². The molecule has 7 nitrogen and oxygen atoms in total. The van der Waals surface area contributed by atoms with Crippen LogP contribution in [0.2, 0.25) is 0 Å². The molecule has 2 heterocycles. The number of nitrogens with zero attached hydrogens (tertiary/aromatic N) is 1. The number of carbonyl (C=O) groups is 2. The minimum atomic E-state index is -3.59. The number of benzene rings is 1. The zero-order chi connectivity index (χ0) is 21.0. The summed E-state index contributed by atoms with van der Waals surface area (Å²) in [5.41, 5.74) is 0.714.